The molecule has 88 valence electrons. The molecule has 0 atom stereocenters. The molecule has 0 N–H and O–H groups in total. The summed E-state index contributed by atoms with van der Waals surface area (Å²) in [4.78, 5) is 1.29. The number of benzene rings is 1. The van der Waals surface area contributed by atoms with E-state index in [1.54, 1.807) is 17.8 Å². The molecule has 2 nitrogen and oxygen atoms in total. The van der Waals surface area contributed by atoms with Crippen LogP contribution in [0.4, 0.5) is 0 Å². The van der Waals surface area contributed by atoms with E-state index in [-0.39, 0.29) is 0 Å². The first-order chi connectivity index (χ1) is 8.15. The van der Waals surface area contributed by atoms with Gasteiger partial charge in [0, 0.05) is 10.6 Å². The van der Waals surface area contributed by atoms with Gasteiger partial charge in [-0.2, -0.15) is 5.10 Å². The summed E-state index contributed by atoms with van der Waals surface area (Å²) < 4.78 is 0. The Morgan fingerprint density at radius 1 is 1.12 bits per heavy atom. The Balaban J connectivity index is 2.07. The lowest BCUT2D eigenvalue weighted by Crippen LogP contribution is -1.90. The van der Waals surface area contributed by atoms with Crippen molar-refractivity contribution in [1.29, 1.82) is 0 Å². The molecule has 2 rings (SSSR count). The number of halogens is 1. The van der Waals surface area contributed by atoms with Crippen LogP contribution in [0, 0.1) is 13.8 Å². The molecule has 0 aliphatic carbocycles. The quantitative estimate of drug-likeness (QED) is 0.783. The van der Waals surface area contributed by atoms with Crippen molar-refractivity contribution < 1.29 is 0 Å². The van der Waals surface area contributed by atoms with E-state index in [9.17, 15) is 0 Å². The molecule has 0 unspecified atom stereocenters. The number of hydrogen-bond acceptors (Lipinski definition) is 3. The Hall–Kier alpha value is -1.06. The van der Waals surface area contributed by atoms with E-state index >= 15 is 0 Å². The third kappa shape index (κ3) is 3.45. The number of hydrogen-bond donors (Lipinski definition) is 0. The van der Waals surface area contributed by atoms with Crippen LogP contribution in [-0.2, 0) is 5.75 Å². The Labute approximate surface area is 110 Å². The van der Waals surface area contributed by atoms with Gasteiger partial charge in [0.15, 0.2) is 5.15 Å². The summed E-state index contributed by atoms with van der Waals surface area (Å²) in [6.45, 7) is 4.22. The zero-order chi connectivity index (χ0) is 12.3. The zero-order valence-electron chi connectivity index (χ0n) is 9.77. The van der Waals surface area contributed by atoms with Crippen LogP contribution in [0.3, 0.4) is 0 Å². The molecule has 1 aromatic carbocycles. The summed E-state index contributed by atoms with van der Waals surface area (Å²) in [6, 6.07) is 10.1. The molecule has 17 heavy (non-hydrogen) atoms. The Bertz CT molecular complexity index is 511. The number of thioether (sulfide) groups is 1. The normalized spacial score (nSPS) is 10.5. The summed E-state index contributed by atoms with van der Waals surface area (Å²) in [7, 11) is 0. The van der Waals surface area contributed by atoms with E-state index in [0.29, 0.717) is 5.15 Å². The van der Waals surface area contributed by atoms with Crippen molar-refractivity contribution in [3.8, 4) is 0 Å². The number of aryl methyl sites for hydroxylation is 2. The van der Waals surface area contributed by atoms with E-state index in [2.05, 4.69) is 42.2 Å². The largest absolute Gasteiger partial charge is 0.153 e. The standard InChI is InChI=1S/C13H13ClN2S/c1-9-3-4-10(2)12(7-9)17-8-11-5-6-13(14)16-15-11/h3-7H,8H2,1-2H3. The number of nitrogens with zero attached hydrogens (tertiary/aromatic N) is 2. The Morgan fingerprint density at radius 2 is 1.94 bits per heavy atom. The maximum Gasteiger partial charge on any atom is 0.151 e. The van der Waals surface area contributed by atoms with Gasteiger partial charge in [0.05, 0.1) is 5.69 Å². The highest BCUT2D eigenvalue weighted by molar-refractivity contribution is 7.98. The molecule has 1 heterocycles. The maximum atomic E-state index is 5.69. The highest BCUT2D eigenvalue weighted by Crippen LogP contribution is 2.26. The summed E-state index contributed by atoms with van der Waals surface area (Å²) >= 11 is 7.47. The van der Waals surface area contributed by atoms with Crippen molar-refractivity contribution in [2.45, 2.75) is 24.5 Å². The first-order valence-corrected chi connectivity index (χ1v) is 6.69. The van der Waals surface area contributed by atoms with Gasteiger partial charge >= 0.3 is 0 Å². The number of aromatic nitrogens is 2. The average Bonchev–Trinajstić information content (AvgIpc) is 2.32. The van der Waals surface area contributed by atoms with E-state index in [1.165, 1.54) is 16.0 Å². The van der Waals surface area contributed by atoms with Crippen molar-refractivity contribution in [3.63, 3.8) is 0 Å². The van der Waals surface area contributed by atoms with Crippen LogP contribution in [0.25, 0.3) is 0 Å². The van der Waals surface area contributed by atoms with Gasteiger partial charge in [-0.15, -0.1) is 16.9 Å². The highest BCUT2D eigenvalue weighted by atomic mass is 35.5. The lowest BCUT2D eigenvalue weighted by atomic mass is 10.2. The van der Waals surface area contributed by atoms with Crippen molar-refractivity contribution in [1.82, 2.24) is 10.2 Å². The van der Waals surface area contributed by atoms with Gasteiger partial charge in [-0.1, -0.05) is 29.3 Å². The van der Waals surface area contributed by atoms with Crippen LogP contribution in [0.15, 0.2) is 35.2 Å². The summed E-state index contributed by atoms with van der Waals surface area (Å²) in [5.41, 5.74) is 3.52. The maximum absolute atomic E-state index is 5.69. The lowest BCUT2D eigenvalue weighted by molar-refractivity contribution is 0.971. The number of rotatable bonds is 3. The molecule has 0 amide bonds. The van der Waals surface area contributed by atoms with Gasteiger partial charge in [-0.25, -0.2) is 0 Å². The van der Waals surface area contributed by atoms with Crippen LogP contribution in [-0.4, -0.2) is 10.2 Å². The van der Waals surface area contributed by atoms with Crippen molar-refractivity contribution in [2.75, 3.05) is 0 Å². The third-order valence-electron chi connectivity index (χ3n) is 2.41. The second-order valence-corrected chi connectivity index (χ2v) is 5.31. The van der Waals surface area contributed by atoms with E-state index < -0.39 is 0 Å². The second-order valence-electron chi connectivity index (χ2n) is 3.91. The predicted octanol–water partition coefficient (Wildman–Crippen LogP) is 4.04. The van der Waals surface area contributed by atoms with Crippen molar-refractivity contribution in [3.05, 3.63) is 52.3 Å². The smallest absolute Gasteiger partial charge is 0.151 e. The first-order valence-electron chi connectivity index (χ1n) is 5.33. The second kappa shape index (κ2) is 5.52. The topological polar surface area (TPSA) is 25.8 Å². The van der Waals surface area contributed by atoms with Crippen LogP contribution in [0.5, 0.6) is 0 Å². The molecule has 2 aromatic rings. The average molecular weight is 265 g/mol. The molecule has 0 radical (unpaired) electrons. The summed E-state index contributed by atoms with van der Waals surface area (Å²) in [5, 5.41) is 8.31. The summed E-state index contributed by atoms with van der Waals surface area (Å²) in [5.74, 6) is 0.814. The molecule has 0 aliphatic heterocycles. The monoisotopic (exact) mass is 264 g/mol. The van der Waals surface area contributed by atoms with Gasteiger partial charge < -0.3 is 0 Å². The van der Waals surface area contributed by atoms with Gasteiger partial charge in [-0.3, -0.25) is 0 Å². The highest BCUT2D eigenvalue weighted by Gasteiger charge is 2.02. The minimum absolute atomic E-state index is 0.436. The fourth-order valence-corrected chi connectivity index (χ4v) is 2.56. The molecule has 4 heteroatoms. The molecule has 0 saturated heterocycles. The zero-order valence-corrected chi connectivity index (χ0v) is 11.3. The van der Waals surface area contributed by atoms with Crippen molar-refractivity contribution in [2.24, 2.45) is 0 Å². The molecule has 0 aliphatic rings. The van der Waals surface area contributed by atoms with Crippen molar-refractivity contribution >= 4 is 23.4 Å². The molecule has 0 fully saturated rings. The SMILES string of the molecule is Cc1ccc(C)c(SCc2ccc(Cl)nn2)c1. The van der Waals surface area contributed by atoms with E-state index in [4.69, 9.17) is 11.6 Å². The fourth-order valence-electron chi connectivity index (χ4n) is 1.44. The molecule has 0 bridgehead atoms. The van der Waals surface area contributed by atoms with Crippen LogP contribution >= 0.6 is 23.4 Å². The van der Waals surface area contributed by atoms with Gasteiger partial charge in [0.2, 0.25) is 0 Å². The first kappa shape index (κ1) is 12.4. The van der Waals surface area contributed by atoms with Crippen LogP contribution in [0.1, 0.15) is 16.8 Å². The van der Waals surface area contributed by atoms with E-state index in [0.717, 1.165) is 11.4 Å². The Kier molecular flexibility index (Phi) is 4.02. The van der Waals surface area contributed by atoms with E-state index in [1.807, 2.05) is 6.07 Å². The molecule has 0 spiro atoms. The summed E-state index contributed by atoms with van der Waals surface area (Å²) in [6.07, 6.45) is 0. The van der Waals surface area contributed by atoms with Crippen LogP contribution in [0.2, 0.25) is 5.15 Å². The molecule has 0 saturated carbocycles. The van der Waals surface area contributed by atoms with Gasteiger partial charge in [0.1, 0.15) is 0 Å². The lowest BCUT2D eigenvalue weighted by Gasteiger charge is -2.06. The molecule has 1 aromatic heterocycles. The van der Waals surface area contributed by atoms with Gasteiger partial charge in [-0.05, 0) is 37.6 Å². The molecular formula is C13H13ClN2S. The van der Waals surface area contributed by atoms with Crippen LogP contribution < -0.4 is 0 Å². The fraction of sp³-hybridized carbons (Fsp3) is 0.231. The third-order valence-corrected chi connectivity index (χ3v) is 3.80. The minimum Gasteiger partial charge on any atom is -0.153 e. The predicted molar refractivity (Wildman–Crippen MR) is 72.5 cm³/mol. The van der Waals surface area contributed by atoms with Gasteiger partial charge in [0.25, 0.3) is 0 Å². The Morgan fingerprint density at radius 3 is 2.65 bits per heavy atom. The molecular weight excluding hydrogens is 252 g/mol. The minimum atomic E-state index is 0.436.